The minimum atomic E-state index is 0.280. The molecule has 0 aromatic carbocycles. The standard InChI is InChI=1S/C21H28N4OS/c1-15-14-22-21(27-15)24-19-9-5-8-18(23-19)16-10-12-25(13-11-16)20(26)17-6-3-2-4-7-17/h5,8-9,14,16-17H,2-4,6-7,10-13H2,1H3,(H,22,23,24). The van der Waals surface area contributed by atoms with Gasteiger partial charge in [0.15, 0.2) is 5.13 Å². The zero-order chi connectivity index (χ0) is 18.6. The van der Waals surface area contributed by atoms with Crippen LogP contribution in [0.2, 0.25) is 0 Å². The average Bonchev–Trinajstić information content (AvgIpc) is 3.13. The monoisotopic (exact) mass is 384 g/mol. The summed E-state index contributed by atoms with van der Waals surface area (Å²) in [5.74, 6) is 1.96. The number of carbonyl (C=O) groups is 1. The molecule has 0 unspecified atom stereocenters. The van der Waals surface area contributed by atoms with Crippen LogP contribution in [0.5, 0.6) is 0 Å². The highest BCUT2D eigenvalue weighted by atomic mass is 32.1. The van der Waals surface area contributed by atoms with Crippen LogP contribution in [0.1, 0.15) is 61.4 Å². The van der Waals surface area contributed by atoms with Gasteiger partial charge in [-0.15, -0.1) is 11.3 Å². The van der Waals surface area contributed by atoms with Gasteiger partial charge in [-0.25, -0.2) is 9.97 Å². The van der Waals surface area contributed by atoms with Crippen LogP contribution in [0, 0.1) is 12.8 Å². The second kappa shape index (κ2) is 8.38. The van der Waals surface area contributed by atoms with E-state index in [2.05, 4.69) is 34.3 Å². The van der Waals surface area contributed by atoms with Crippen molar-refractivity contribution in [1.29, 1.82) is 0 Å². The first-order valence-corrected chi connectivity index (χ1v) is 11.0. The molecule has 0 atom stereocenters. The van der Waals surface area contributed by atoms with E-state index in [1.54, 1.807) is 11.3 Å². The average molecular weight is 385 g/mol. The number of piperidine rings is 1. The number of amides is 1. The van der Waals surface area contributed by atoms with Crippen molar-refractivity contribution in [2.24, 2.45) is 5.92 Å². The second-order valence-electron chi connectivity index (χ2n) is 7.78. The molecule has 3 heterocycles. The van der Waals surface area contributed by atoms with Crippen molar-refractivity contribution in [3.63, 3.8) is 0 Å². The number of pyridine rings is 1. The lowest BCUT2D eigenvalue weighted by Crippen LogP contribution is -2.42. The highest BCUT2D eigenvalue weighted by Gasteiger charge is 2.29. The molecule has 27 heavy (non-hydrogen) atoms. The maximum atomic E-state index is 12.8. The summed E-state index contributed by atoms with van der Waals surface area (Å²) >= 11 is 1.63. The molecule has 1 aliphatic heterocycles. The van der Waals surface area contributed by atoms with Gasteiger partial charge in [-0.1, -0.05) is 25.3 Å². The summed E-state index contributed by atoms with van der Waals surface area (Å²) < 4.78 is 0. The Kier molecular flexibility index (Phi) is 5.72. The lowest BCUT2D eigenvalue weighted by atomic mass is 9.86. The Morgan fingerprint density at radius 3 is 2.63 bits per heavy atom. The number of carbonyl (C=O) groups excluding carboxylic acids is 1. The van der Waals surface area contributed by atoms with Gasteiger partial charge in [-0.05, 0) is 44.7 Å². The first kappa shape index (κ1) is 18.4. The van der Waals surface area contributed by atoms with E-state index in [0.29, 0.717) is 11.8 Å². The number of nitrogens with one attached hydrogen (secondary N) is 1. The van der Waals surface area contributed by atoms with E-state index in [-0.39, 0.29) is 5.92 Å². The third kappa shape index (κ3) is 4.49. The van der Waals surface area contributed by atoms with Crippen LogP contribution in [0.25, 0.3) is 0 Å². The number of hydrogen-bond donors (Lipinski definition) is 1. The van der Waals surface area contributed by atoms with Gasteiger partial charge in [0.1, 0.15) is 5.82 Å². The van der Waals surface area contributed by atoms with E-state index in [0.717, 1.165) is 55.4 Å². The highest BCUT2D eigenvalue weighted by Crippen LogP contribution is 2.31. The molecular formula is C21H28N4OS. The van der Waals surface area contributed by atoms with Crippen molar-refractivity contribution < 1.29 is 4.79 Å². The number of anilines is 2. The summed E-state index contributed by atoms with van der Waals surface area (Å²) in [6, 6.07) is 6.16. The van der Waals surface area contributed by atoms with Gasteiger partial charge in [-0.2, -0.15) is 0 Å². The van der Waals surface area contributed by atoms with Crippen molar-refractivity contribution in [2.45, 2.75) is 57.8 Å². The van der Waals surface area contributed by atoms with Crippen LogP contribution in [0.15, 0.2) is 24.4 Å². The maximum Gasteiger partial charge on any atom is 0.225 e. The summed E-state index contributed by atoms with van der Waals surface area (Å²) in [5.41, 5.74) is 1.12. The second-order valence-corrected chi connectivity index (χ2v) is 9.02. The smallest absolute Gasteiger partial charge is 0.225 e. The minimum absolute atomic E-state index is 0.280. The molecule has 1 saturated heterocycles. The van der Waals surface area contributed by atoms with Crippen LogP contribution in [0.3, 0.4) is 0 Å². The Labute approximate surface area is 165 Å². The zero-order valence-corrected chi connectivity index (χ0v) is 16.8. The van der Waals surface area contributed by atoms with Gasteiger partial charge >= 0.3 is 0 Å². The molecule has 2 aromatic heterocycles. The molecule has 1 aliphatic carbocycles. The molecule has 5 nitrogen and oxygen atoms in total. The third-order valence-electron chi connectivity index (χ3n) is 5.81. The van der Waals surface area contributed by atoms with Crippen molar-refractivity contribution in [3.8, 4) is 0 Å². The first-order chi connectivity index (χ1) is 13.2. The Hall–Kier alpha value is -1.95. The van der Waals surface area contributed by atoms with Gasteiger partial charge < -0.3 is 10.2 Å². The highest BCUT2D eigenvalue weighted by molar-refractivity contribution is 7.15. The summed E-state index contributed by atoms with van der Waals surface area (Å²) in [5, 5.41) is 4.19. The summed E-state index contributed by atoms with van der Waals surface area (Å²) in [4.78, 5) is 25.2. The number of hydrogen-bond acceptors (Lipinski definition) is 5. The quantitative estimate of drug-likeness (QED) is 0.816. The van der Waals surface area contributed by atoms with Crippen LogP contribution >= 0.6 is 11.3 Å². The molecule has 2 aliphatic rings. The molecule has 0 bridgehead atoms. The number of nitrogens with zero attached hydrogens (tertiary/aromatic N) is 3. The molecule has 1 saturated carbocycles. The molecule has 1 amide bonds. The Balaban J connectivity index is 1.35. The summed E-state index contributed by atoms with van der Waals surface area (Å²) in [6.45, 7) is 3.78. The Bertz CT molecular complexity index is 776. The van der Waals surface area contributed by atoms with Crippen molar-refractivity contribution in [2.75, 3.05) is 18.4 Å². The van der Waals surface area contributed by atoms with E-state index in [1.807, 2.05) is 12.3 Å². The van der Waals surface area contributed by atoms with Gasteiger partial charge in [-0.3, -0.25) is 4.79 Å². The predicted molar refractivity (Wildman–Crippen MR) is 110 cm³/mol. The minimum Gasteiger partial charge on any atom is -0.342 e. The molecule has 2 aromatic rings. The topological polar surface area (TPSA) is 58.1 Å². The number of rotatable bonds is 4. The third-order valence-corrected chi connectivity index (χ3v) is 6.63. The van der Waals surface area contributed by atoms with E-state index in [9.17, 15) is 4.79 Å². The van der Waals surface area contributed by atoms with Gasteiger partial charge in [0.05, 0.1) is 0 Å². The number of aryl methyl sites for hydroxylation is 1. The maximum absolute atomic E-state index is 12.8. The van der Waals surface area contributed by atoms with E-state index in [1.165, 1.54) is 24.1 Å². The molecular weight excluding hydrogens is 356 g/mol. The van der Waals surface area contributed by atoms with Crippen LogP contribution in [-0.4, -0.2) is 33.9 Å². The van der Waals surface area contributed by atoms with Crippen LogP contribution in [-0.2, 0) is 4.79 Å². The Morgan fingerprint density at radius 1 is 1.15 bits per heavy atom. The molecule has 0 radical (unpaired) electrons. The summed E-state index contributed by atoms with van der Waals surface area (Å²) in [7, 11) is 0. The SMILES string of the molecule is Cc1cnc(Nc2cccc(C3CCN(C(=O)C4CCCCC4)CC3)n2)s1. The van der Waals surface area contributed by atoms with Crippen molar-refractivity contribution in [1.82, 2.24) is 14.9 Å². The number of aromatic nitrogens is 2. The number of likely N-dealkylation sites (tertiary alicyclic amines) is 1. The Morgan fingerprint density at radius 2 is 1.93 bits per heavy atom. The van der Waals surface area contributed by atoms with Crippen molar-refractivity contribution in [3.05, 3.63) is 35.0 Å². The van der Waals surface area contributed by atoms with Gasteiger partial charge in [0, 0.05) is 41.7 Å². The molecule has 2 fully saturated rings. The van der Waals surface area contributed by atoms with Crippen LogP contribution in [0.4, 0.5) is 10.9 Å². The normalized spacial score (nSPS) is 19.2. The largest absolute Gasteiger partial charge is 0.342 e. The van der Waals surface area contributed by atoms with E-state index < -0.39 is 0 Å². The van der Waals surface area contributed by atoms with Crippen molar-refractivity contribution >= 4 is 28.2 Å². The molecule has 4 rings (SSSR count). The molecule has 6 heteroatoms. The van der Waals surface area contributed by atoms with Gasteiger partial charge in [0.25, 0.3) is 0 Å². The molecule has 0 spiro atoms. The first-order valence-electron chi connectivity index (χ1n) is 10.1. The predicted octanol–water partition coefficient (Wildman–Crippen LogP) is 4.88. The lowest BCUT2D eigenvalue weighted by Gasteiger charge is -2.35. The fraction of sp³-hybridized carbons (Fsp3) is 0.571. The van der Waals surface area contributed by atoms with Crippen LogP contribution < -0.4 is 5.32 Å². The fourth-order valence-electron chi connectivity index (χ4n) is 4.27. The zero-order valence-electron chi connectivity index (χ0n) is 16.0. The number of thiazole rings is 1. The fourth-order valence-corrected chi connectivity index (χ4v) is 4.95. The molecule has 144 valence electrons. The van der Waals surface area contributed by atoms with Gasteiger partial charge in [0.2, 0.25) is 5.91 Å². The van der Waals surface area contributed by atoms with E-state index in [4.69, 9.17) is 4.98 Å². The molecule has 1 N–H and O–H groups in total. The lowest BCUT2D eigenvalue weighted by molar-refractivity contribution is -0.137. The summed E-state index contributed by atoms with van der Waals surface area (Å²) in [6.07, 6.45) is 9.79. The van der Waals surface area contributed by atoms with E-state index >= 15 is 0 Å².